The van der Waals surface area contributed by atoms with Crippen LogP contribution in [0.4, 0.5) is 4.39 Å². The first kappa shape index (κ1) is 10.1. The highest BCUT2D eigenvalue weighted by atomic mass is 19.1. The van der Waals surface area contributed by atoms with E-state index in [9.17, 15) is 9.18 Å². The lowest BCUT2D eigenvalue weighted by atomic mass is 10.2. The van der Waals surface area contributed by atoms with Crippen LogP contribution in [0.2, 0.25) is 0 Å². The van der Waals surface area contributed by atoms with Gasteiger partial charge in [0, 0.05) is 6.08 Å². The molecule has 63 valence electrons. The molecule has 0 aromatic carbocycles. The average Bonchev–Trinajstić information content (AvgIpc) is 2.03. The fraction of sp³-hybridized carbons (Fsp3) is 0.500. The standard InChI is InChI=1S/C8H12FO2/c1-3-5-7(6-9)11-8(10)4-2/h4,7H,1-3,5-6H2. The molecule has 0 amide bonds. The Hall–Kier alpha value is -0.860. The molecule has 1 atom stereocenters. The molecule has 0 aliphatic rings. The van der Waals surface area contributed by atoms with Crippen molar-refractivity contribution in [2.75, 3.05) is 6.67 Å². The monoisotopic (exact) mass is 159 g/mol. The zero-order chi connectivity index (χ0) is 8.69. The molecular formula is C8H12FO2. The van der Waals surface area contributed by atoms with Crippen molar-refractivity contribution in [1.29, 1.82) is 0 Å². The minimum atomic E-state index is -0.658. The number of ether oxygens (including phenoxy) is 1. The molecule has 2 nitrogen and oxygen atoms in total. The molecule has 0 aromatic heterocycles. The van der Waals surface area contributed by atoms with E-state index in [2.05, 4.69) is 18.2 Å². The van der Waals surface area contributed by atoms with Crippen molar-refractivity contribution in [2.24, 2.45) is 0 Å². The predicted octanol–water partition coefficient (Wildman–Crippen LogP) is 1.67. The minimum Gasteiger partial charge on any atom is -0.456 e. The molecule has 0 N–H and O–H groups in total. The van der Waals surface area contributed by atoms with Crippen LogP contribution in [0.15, 0.2) is 12.7 Å². The van der Waals surface area contributed by atoms with Gasteiger partial charge in [0.15, 0.2) is 0 Å². The van der Waals surface area contributed by atoms with Crippen LogP contribution < -0.4 is 0 Å². The van der Waals surface area contributed by atoms with Crippen molar-refractivity contribution in [3.8, 4) is 0 Å². The molecule has 0 saturated heterocycles. The van der Waals surface area contributed by atoms with Crippen molar-refractivity contribution in [1.82, 2.24) is 0 Å². The number of rotatable bonds is 5. The van der Waals surface area contributed by atoms with Gasteiger partial charge in [0.2, 0.25) is 0 Å². The van der Waals surface area contributed by atoms with E-state index in [1.807, 2.05) is 0 Å². The second-order valence-electron chi connectivity index (χ2n) is 2.06. The molecule has 1 unspecified atom stereocenters. The third-order valence-electron chi connectivity index (χ3n) is 1.15. The Morgan fingerprint density at radius 2 is 2.36 bits per heavy atom. The number of carbonyl (C=O) groups excluding carboxylic acids is 1. The van der Waals surface area contributed by atoms with Gasteiger partial charge in [0.05, 0.1) is 0 Å². The first-order valence-electron chi connectivity index (χ1n) is 3.42. The molecule has 0 aliphatic carbocycles. The molecule has 0 heterocycles. The van der Waals surface area contributed by atoms with E-state index >= 15 is 0 Å². The summed E-state index contributed by atoms with van der Waals surface area (Å²) in [6.07, 6.45) is 1.37. The van der Waals surface area contributed by atoms with Gasteiger partial charge < -0.3 is 4.74 Å². The van der Waals surface area contributed by atoms with Gasteiger partial charge in [-0.15, -0.1) is 0 Å². The van der Waals surface area contributed by atoms with E-state index in [0.29, 0.717) is 12.8 Å². The fourth-order valence-corrected chi connectivity index (χ4v) is 0.608. The summed E-state index contributed by atoms with van der Waals surface area (Å²) in [6.45, 7) is 6.06. The third kappa shape index (κ3) is 4.53. The lowest BCUT2D eigenvalue weighted by Gasteiger charge is -2.11. The van der Waals surface area contributed by atoms with Crippen LogP contribution in [0.25, 0.3) is 0 Å². The van der Waals surface area contributed by atoms with Crippen LogP contribution in [0.3, 0.4) is 0 Å². The Kier molecular flexibility index (Phi) is 5.43. The maximum atomic E-state index is 12.0. The Labute approximate surface area is 66.0 Å². The second kappa shape index (κ2) is 5.89. The molecule has 11 heavy (non-hydrogen) atoms. The van der Waals surface area contributed by atoms with Crippen LogP contribution >= 0.6 is 0 Å². The maximum Gasteiger partial charge on any atom is 0.330 e. The van der Waals surface area contributed by atoms with E-state index in [1.54, 1.807) is 0 Å². The first-order valence-corrected chi connectivity index (χ1v) is 3.42. The van der Waals surface area contributed by atoms with Crippen molar-refractivity contribution >= 4 is 5.97 Å². The molecule has 0 spiro atoms. The van der Waals surface area contributed by atoms with Gasteiger partial charge in [0.1, 0.15) is 12.8 Å². The summed E-state index contributed by atoms with van der Waals surface area (Å²) in [4.78, 5) is 10.5. The summed E-state index contributed by atoms with van der Waals surface area (Å²) in [5.74, 6) is -0.582. The number of halogens is 1. The summed E-state index contributed by atoms with van der Waals surface area (Å²) < 4.78 is 16.6. The van der Waals surface area contributed by atoms with Crippen LogP contribution in [0.5, 0.6) is 0 Å². The van der Waals surface area contributed by atoms with E-state index in [0.717, 1.165) is 6.08 Å². The summed E-state index contributed by atoms with van der Waals surface area (Å²) in [5.41, 5.74) is 0. The lowest BCUT2D eigenvalue weighted by molar-refractivity contribution is -0.144. The molecule has 3 heteroatoms. The van der Waals surface area contributed by atoms with Gasteiger partial charge in [-0.05, 0) is 12.8 Å². The smallest absolute Gasteiger partial charge is 0.330 e. The molecular weight excluding hydrogens is 147 g/mol. The summed E-state index contributed by atoms with van der Waals surface area (Å²) in [6, 6.07) is 0. The predicted molar refractivity (Wildman–Crippen MR) is 40.6 cm³/mol. The molecule has 0 aliphatic heterocycles. The maximum absolute atomic E-state index is 12.0. The molecule has 0 fully saturated rings. The van der Waals surface area contributed by atoms with Gasteiger partial charge in [-0.3, -0.25) is 0 Å². The molecule has 0 bridgehead atoms. The highest BCUT2D eigenvalue weighted by Crippen LogP contribution is 2.02. The Balaban J connectivity index is 3.67. The minimum absolute atomic E-state index is 0.454. The van der Waals surface area contributed by atoms with E-state index in [1.165, 1.54) is 0 Å². The molecule has 0 aromatic rings. The van der Waals surface area contributed by atoms with Gasteiger partial charge in [-0.25, -0.2) is 9.18 Å². The summed E-state index contributed by atoms with van der Waals surface area (Å²) in [5, 5.41) is 0. The summed E-state index contributed by atoms with van der Waals surface area (Å²) in [7, 11) is 0. The Morgan fingerprint density at radius 1 is 1.73 bits per heavy atom. The zero-order valence-electron chi connectivity index (χ0n) is 6.38. The van der Waals surface area contributed by atoms with E-state index in [4.69, 9.17) is 0 Å². The summed E-state index contributed by atoms with van der Waals surface area (Å²) >= 11 is 0. The van der Waals surface area contributed by atoms with Gasteiger partial charge in [0.25, 0.3) is 0 Å². The van der Waals surface area contributed by atoms with Crippen LogP contribution in [-0.2, 0) is 9.53 Å². The molecule has 0 saturated carbocycles. The normalized spacial score (nSPS) is 12.2. The topological polar surface area (TPSA) is 26.3 Å². The van der Waals surface area contributed by atoms with Gasteiger partial charge >= 0.3 is 5.97 Å². The number of alkyl halides is 1. The SMILES string of the molecule is [CH2]CCC(CF)OC(=O)C=C. The quantitative estimate of drug-likeness (QED) is 0.450. The largest absolute Gasteiger partial charge is 0.456 e. The van der Waals surface area contributed by atoms with Crippen LogP contribution in [0, 0.1) is 6.92 Å². The number of carbonyl (C=O) groups is 1. The van der Waals surface area contributed by atoms with E-state index in [-0.39, 0.29) is 0 Å². The van der Waals surface area contributed by atoms with Crippen LogP contribution in [0.1, 0.15) is 12.8 Å². The average molecular weight is 159 g/mol. The Bertz CT molecular complexity index is 134. The van der Waals surface area contributed by atoms with Crippen LogP contribution in [-0.4, -0.2) is 18.7 Å². The van der Waals surface area contributed by atoms with Crippen molar-refractivity contribution < 1.29 is 13.9 Å². The van der Waals surface area contributed by atoms with Gasteiger partial charge in [-0.2, -0.15) is 0 Å². The molecule has 1 radical (unpaired) electrons. The Morgan fingerprint density at radius 3 is 2.73 bits per heavy atom. The van der Waals surface area contributed by atoms with Crippen molar-refractivity contribution in [2.45, 2.75) is 18.9 Å². The second-order valence-corrected chi connectivity index (χ2v) is 2.06. The highest BCUT2D eigenvalue weighted by Gasteiger charge is 2.10. The fourth-order valence-electron chi connectivity index (χ4n) is 0.608. The van der Waals surface area contributed by atoms with Crippen molar-refractivity contribution in [3.63, 3.8) is 0 Å². The number of hydrogen-bond acceptors (Lipinski definition) is 2. The molecule has 0 rings (SSSR count). The first-order chi connectivity index (χ1) is 5.24. The number of esters is 1. The highest BCUT2D eigenvalue weighted by molar-refractivity contribution is 5.81. The number of hydrogen-bond donors (Lipinski definition) is 0. The van der Waals surface area contributed by atoms with E-state index < -0.39 is 18.7 Å². The van der Waals surface area contributed by atoms with Crippen molar-refractivity contribution in [3.05, 3.63) is 19.6 Å². The third-order valence-corrected chi connectivity index (χ3v) is 1.15. The zero-order valence-corrected chi connectivity index (χ0v) is 6.38. The van der Waals surface area contributed by atoms with Gasteiger partial charge in [-0.1, -0.05) is 13.5 Å². The lowest BCUT2D eigenvalue weighted by Crippen LogP contribution is -2.18.